The third-order valence-electron chi connectivity index (χ3n) is 5.46. The number of anilines is 1. The molecule has 0 aromatic heterocycles. The van der Waals surface area contributed by atoms with E-state index in [1.165, 1.54) is 5.56 Å². The van der Waals surface area contributed by atoms with Crippen molar-refractivity contribution in [3.63, 3.8) is 0 Å². The third-order valence-corrected chi connectivity index (χ3v) is 5.46. The molecule has 1 aliphatic rings. The largest absolute Gasteiger partial charge is 0.489 e. The molecule has 0 atom stereocenters. The Morgan fingerprint density at radius 2 is 1.83 bits per heavy atom. The molecule has 0 bridgehead atoms. The molecule has 6 heteroatoms. The van der Waals surface area contributed by atoms with Crippen molar-refractivity contribution in [1.82, 2.24) is 9.80 Å². The molecule has 0 spiro atoms. The first kappa shape index (κ1) is 21.7. The maximum atomic E-state index is 12.7. The normalized spacial score (nSPS) is 14.3. The highest BCUT2D eigenvalue weighted by molar-refractivity contribution is 5.93. The van der Waals surface area contributed by atoms with Crippen LogP contribution in [0.1, 0.15) is 29.5 Å². The summed E-state index contributed by atoms with van der Waals surface area (Å²) in [5.41, 5.74) is 4.10. The second-order valence-corrected chi connectivity index (χ2v) is 8.18. The summed E-state index contributed by atoms with van der Waals surface area (Å²) in [6.07, 6.45) is 1.37. The van der Waals surface area contributed by atoms with Gasteiger partial charge < -0.3 is 19.9 Å². The zero-order valence-corrected chi connectivity index (χ0v) is 18.3. The van der Waals surface area contributed by atoms with Crippen molar-refractivity contribution >= 4 is 17.6 Å². The summed E-state index contributed by atoms with van der Waals surface area (Å²) >= 11 is 0. The molecule has 1 N–H and O–H groups in total. The molecule has 1 fully saturated rings. The maximum Gasteiger partial charge on any atom is 0.319 e. The van der Waals surface area contributed by atoms with E-state index < -0.39 is 0 Å². The summed E-state index contributed by atoms with van der Waals surface area (Å²) in [5.74, 6) is 0.721. The lowest BCUT2D eigenvalue weighted by molar-refractivity contribution is -0.121. The number of rotatable bonds is 5. The Morgan fingerprint density at radius 1 is 1.10 bits per heavy atom. The lowest BCUT2D eigenvalue weighted by Crippen LogP contribution is -2.45. The molecule has 1 saturated heterocycles. The van der Waals surface area contributed by atoms with Gasteiger partial charge in [-0.05, 0) is 56.0 Å². The lowest BCUT2D eigenvalue weighted by Gasteiger charge is -2.33. The number of hydrogen-bond acceptors (Lipinski definition) is 3. The summed E-state index contributed by atoms with van der Waals surface area (Å²) in [6, 6.07) is 14.0. The van der Waals surface area contributed by atoms with Gasteiger partial charge in [0.2, 0.25) is 5.91 Å². The van der Waals surface area contributed by atoms with Crippen LogP contribution in [0.2, 0.25) is 0 Å². The van der Waals surface area contributed by atoms with Crippen LogP contribution in [0.3, 0.4) is 0 Å². The van der Waals surface area contributed by atoms with E-state index >= 15 is 0 Å². The predicted octanol–water partition coefficient (Wildman–Crippen LogP) is 4.21. The Bertz CT molecular complexity index is 902. The number of hydrogen-bond donors (Lipinski definition) is 1. The van der Waals surface area contributed by atoms with Gasteiger partial charge in [-0.2, -0.15) is 0 Å². The molecule has 0 saturated carbocycles. The van der Waals surface area contributed by atoms with E-state index in [2.05, 4.69) is 24.4 Å². The van der Waals surface area contributed by atoms with Gasteiger partial charge in [-0.25, -0.2) is 4.79 Å². The van der Waals surface area contributed by atoms with E-state index in [0.717, 1.165) is 22.6 Å². The van der Waals surface area contributed by atoms with E-state index in [9.17, 15) is 9.59 Å². The SMILES string of the molecule is Cc1cccc(COc2ccc(NC(=O)C3CCN(C(=O)N(C)C)CC3)c(C)c2)c1. The standard InChI is InChI=1S/C24H31N3O3/c1-17-6-5-7-19(14-17)16-30-21-8-9-22(18(2)15-21)25-23(28)20-10-12-27(13-11-20)24(29)26(3)4/h5-9,14-15,20H,10-13,16H2,1-4H3,(H,25,28). The van der Waals surface area contributed by atoms with Gasteiger partial charge in [0.05, 0.1) is 0 Å². The van der Waals surface area contributed by atoms with Gasteiger partial charge in [0, 0.05) is 38.8 Å². The second-order valence-electron chi connectivity index (χ2n) is 8.18. The van der Waals surface area contributed by atoms with Crippen LogP contribution in [0.15, 0.2) is 42.5 Å². The van der Waals surface area contributed by atoms with Crippen LogP contribution in [0, 0.1) is 19.8 Å². The number of piperidine rings is 1. The van der Waals surface area contributed by atoms with Crippen LogP contribution in [0.4, 0.5) is 10.5 Å². The summed E-state index contributed by atoms with van der Waals surface area (Å²) in [6.45, 7) is 5.76. The fourth-order valence-corrected chi connectivity index (χ4v) is 3.69. The molecule has 2 aromatic carbocycles. The Balaban J connectivity index is 1.53. The van der Waals surface area contributed by atoms with Crippen molar-refractivity contribution in [2.24, 2.45) is 5.92 Å². The van der Waals surface area contributed by atoms with Gasteiger partial charge in [0.25, 0.3) is 0 Å². The van der Waals surface area contributed by atoms with Crippen molar-refractivity contribution in [2.75, 3.05) is 32.5 Å². The molecular weight excluding hydrogens is 378 g/mol. The molecule has 0 aliphatic carbocycles. The number of urea groups is 1. The van der Waals surface area contributed by atoms with Gasteiger partial charge in [0.15, 0.2) is 0 Å². The monoisotopic (exact) mass is 409 g/mol. The number of nitrogens with zero attached hydrogens (tertiary/aromatic N) is 2. The van der Waals surface area contributed by atoms with Gasteiger partial charge in [0.1, 0.15) is 12.4 Å². The number of amides is 3. The molecule has 3 rings (SSSR count). The topological polar surface area (TPSA) is 61.9 Å². The van der Waals surface area contributed by atoms with E-state index in [1.807, 2.05) is 37.3 Å². The number of ether oxygens (including phenoxy) is 1. The number of benzene rings is 2. The van der Waals surface area contributed by atoms with Crippen molar-refractivity contribution in [1.29, 1.82) is 0 Å². The highest BCUT2D eigenvalue weighted by atomic mass is 16.5. The first-order chi connectivity index (χ1) is 14.3. The minimum atomic E-state index is -0.0761. The molecule has 2 aromatic rings. The van der Waals surface area contributed by atoms with Crippen LogP contribution in [-0.2, 0) is 11.4 Å². The highest BCUT2D eigenvalue weighted by Crippen LogP contribution is 2.25. The fourth-order valence-electron chi connectivity index (χ4n) is 3.69. The number of nitrogens with one attached hydrogen (secondary N) is 1. The van der Waals surface area contributed by atoms with Crippen molar-refractivity contribution < 1.29 is 14.3 Å². The van der Waals surface area contributed by atoms with E-state index in [1.54, 1.807) is 23.9 Å². The van der Waals surface area contributed by atoms with Crippen LogP contribution < -0.4 is 10.1 Å². The molecule has 160 valence electrons. The van der Waals surface area contributed by atoms with Crippen LogP contribution >= 0.6 is 0 Å². The zero-order valence-electron chi connectivity index (χ0n) is 18.3. The number of carbonyl (C=O) groups is 2. The third kappa shape index (κ3) is 5.53. The first-order valence-electron chi connectivity index (χ1n) is 10.4. The zero-order chi connectivity index (χ0) is 21.7. The van der Waals surface area contributed by atoms with Crippen LogP contribution in [-0.4, -0.2) is 48.9 Å². The van der Waals surface area contributed by atoms with Crippen LogP contribution in [0.25, 0.3) is 0 Å². The summed E-state index contributed by atoms with van der Waals surface area (Å²) in [5, 5.41) is 3.05. The molecule has 30 heavy (non-hydrogen) atoms. The Kier molecular flexibility index (Phi) is 6.98. The van der Waals surface area contributed by atoms with Gasteiger partial charge in [-0.3, -0.25) is 4.79 Å². The summed E-state index contributed by atoms with van der Waals surface area (Å²) in [4.78, 5) is 28.1. The molecule has 0 unspecified atom stereocenters. The fraction of sp³-hybridized carbons (Fsp3) is 0.417. The lowest BCUT2D eigenvalue weighted by atomic mass is 9.96. The summed E-state index contributed by atoms with van der Waals surface area (Å²) in [7, 11) is 3.50. The van der Waals surface area contributed by atoms with E-state index in [4.69, 9.17) is 4.74 Å². The quantitative estimate of drug-likeness (QED) is 0.804. The van der Waals surface area contributed by atoms with Gasteiger partial charge in [-0.1, -0.05) is 29.8 Å². The average Bonchev–Trinajstić information content (AvgIpc) is 2.73. The van der Waals surface area contributed by atoms with Crippen molar-refractivity contribution in [3.05, 3.63) is 59.2 Å². The average molecular weight is 410 g/mol. The van der Waals surface area contributed by atoms with E-state index in [0.29, 0.717) is 32.5 Å². The van der Waals surface area contributed by atoms with Crippen LogP contribution in [0.5, 0.6) is 5.75 Å². The smallest absolute Gasteiger partial charge is 0.319 e. The Hall–Kier alpha value is -3.02. The number of likely N-dealkylation sites (tertiary alicyclic amines) is 1. The van der Waals surface area contributed by atoms with Gasteiger partial charge in [-0.15, -0.1) is 0 Å². The second kappa shape index (κ2) is 9.65. The molecule has 1 heterocycles. The van der Waals surface area contributed by atoms with Gasteiger partial charge >= 0.3 is 6.03 Å². The molecule has 0 radical (unpaired) electrons. The Morgan fingerprint density at radius 3 is 2.47 bits per heavy atom. The minimum absolute atomic E-state index is 0.00551. The molecular formula is C24H31N3O3. The van der Waals surface area contributed by atoms with Crippen molar-refractivity contribution in [2.45, 2.75) is 33.3 Å². The molecule has 6 nitrogen and oxygen atoms in total. The summed E-state index contributed by atoms with van der Waals surface area (Å²) < 4.78 is 5.90. The number of aryl methyl sites for hydroxylation is 2. The first-order valence-corrected chi connectivity index (χ1v) is 10.4. The number of carbonyl (C=O) groups excluding carboxylic acids is 2. The maximum absolute atomic E-state index is 12.7. The molecule has 3 amide bonds. The predicted molar refractivity (Wildman–Crippen MR) is 119 cm³/mol. The minimum Gasteiger partial charge on any atom is -0.489 e. The highest BCUT2D eigenvalue weighted by Gasteiger charge is 2.28. The molecule has 1 aliphatic heterocycles. The van der Waals surface area contributed by atoms with E-state index in [-0.39, 0.29) is 17.9 Å². The van der Waals surface area contributed by atoms with Crippen molar-refractivity contribution in [3.8, 4) is 5.75 Å². The Labute approximate surface area is 178 Å².